The second kappa shape index (κ2) is 9.09. The van der Waals surface area contributed by atoms with Gasteiger partial charge in [-0.15, -0.1) is 0 Å². The van der Waals surface area contributed by atoms with Crippen molar-refractivity contribution in [2.45, 2.75) is 23.8 Å². The molecule has 3 rings (SSSR count). The fourth-order valence-electron chi connectivity index (χ4n) is 3.06. The fourth-order valence-corrected chi connectivity index (χ4v) is 4.57. The van der Waals surface area contributed by atoms with Crippen LogP contribution in [0.1, 0.15) is 23.3 Å². The summed E-state index contributed by atoms with van der Waals surface area (Å²) < 4.78 is 37.7. The number of benzene rings is 1. The van der Waals surface area contributed by atoms with E-state index in [2.05, 4.69) is 15.0 Å². The van der Waals surface area contributed by atoms with Gasteiger partial charge in [-0.1, -0.05) is 0 Å². The van der Waals surface area contributed by atoms with Gasteiger partial charge < -0.3 is 15.2 Å². The van der Waals surface area contributed by atoms with E-state index in [-0.39, 0.29) is 23.2 Å². The molecule has 0 saturated carbocycles. The molecule has 3 N–H and O–H groups in total. The van der Waals surface area contributed by atoms with E-state index >= 15 is 0 Å². The molecule has 11 heteroatoms. The van der Waals surface area contributed by atoms with Gasteiger partial charge >= 0.3 is 6.09 Å². The van der Waals surface area contributed by atoms with Crippen LogP contribution in [0.3, 0.4) is 0 Å². The van der Waals surface area contributed by atoms with Crippen LogP contribution in [0.5, 0.6) is 5.75 Å². The van der Waals surface area contributed by atoms with E-state index in [0.29, 0.717) is 30.8 Å². The Balaban J connectivity index is 1.70. The SMILES string of the molecule is COC(=O)Nc1ccc(S(=O)(=O)N2CCCC(Oc3ccnc(C(N)=O)c3)C2)cc1. The third kappa shape index (κ3) is 5.05. The second-order valence-corrected chi connectivity index (χ2v) is 8.57. The van der Waals surface area contributed by atoms with Gasteiger partial charge in [0.2, 0.25) is 10.0 Å². The summed E-state index contributed by atoms with van der Waals surface area (Å²) in [6, 6.07) is 8.85. The van der Waals surface area contributed by atoms with Crippen molar-refractivity contribution >= 4 is 27.7 Å². The summed E-state index contributed by atoms with van der Waals surface area (Å²) in [4.78, 5) is 26.5. The van der Waals surface area contributed by atoms with Gasteiger partial charge in [-0.3, -0.25) is 15.1 Å². The van der Waals surface area contributed by atoms with Gasteiger partial charge in [0.15, 0.2) is 0 Å². The molecule has 1 aromatic heterocycles. The number of anilines is 1. The smallest absolute Gasteiger partial charge is 0.411 e. The van der Waals surface area contributed by atoms with Gasteiger partial charge in [0.1, 0.15) is 17.5 Å². The van der Waals surface area contributed by atoms with Crippen molar-refractivity contribution < 1.29 is 27.5 Å². The minimum absolute atomic E-state index is 0.0773. The molecule has 2 heterocycles. The number of carbonyl (C=O) groups excluding carboxylic acids is 2. The summed E-state index contributed by atoms with van der Waals surface area (Å²) in [6.45, 7) is 0.534. The lowest BCUT2D eigenvalue weighted by molar-refractivity contribution is 0.0993. The fraction of sp³-hybridized carbons (Fsp3) is 0.316. The lowest BCUT2D eigenvalue weighted by Gasteiger charge is -2.32. The zero-order valence-corrected chi connectivity index (χ0v) is 17.1. The van der Waals surface area contributed by atoms with Crippen molar-refractivity contribution in [1.29, 1.82) is 0 Å². The van der Waals surface area contributed by atoms with Gasteiger partial charge in [-0.2, -0.15) is 4.31 Å². The number of nitrogens with zero attached hydrogens (tertiary/aromatic N) is 2. The number of piperidine rings is 1. The van der Waals surface area contributed by atoms with Gasteiger partial charge in [0.05, 0.1) is 18.6 Å². The number of amides is 2. The summed E-state index contributed by atoms with van der Waals surface area (Å²) in [6.07, 6.45) is 1.69. The van der Waals surface area contributed by atoms with E-state index in [1.54, 1.807) is 6.07 Å². The van der Waals surface area contributed by atoms with Crippen molar-refractivity contribution in [3.63, 3.8) is 0 Å². The van der Waals surface area contributed by atoms with Crippen molar-refractivity contribution in [2.75, 3.05) is 25.5 Å². The number of pyridine rings is 1. The molecule has 0 aliphatic carbocycles. The first kappa shape index (κ1) is 21.5. The standard InChI is InChI=1S/C19H22N4O6S/c1-28-19(25)22-13-4-6-16(7-5-13)30(26,27)23-10-2-3-15(12-23)29-14-8-9-21-17(11-14)18(20)24/h4-9,11,15H,2-3,10,12H2,1H3,(H2,20,24)(H,22,25). The molecule has 1 atom stereocenters. The van der Waals surface area contributed by atoms with E-state index in [1.165, 1.54) is 47.9 Å². The summed E-state index contributed by atoms with van der Waals surface area (Å²) in [5, 5.41) is 2.47. The van der Waals surface area contributed by atoms with Crippen LogP contribution < -0.4 is 15.8 Å². The summed E-state index contributed by atoms with van der Waals surface area (Å²) in [7, 11) is -2.50. The Labute approximate surface area is 174 Å². The van der Waals surface area contributed by atoms with Gasteiger partial charge in [0.25, 0.3) is 5.91 Å². The third-order valence-corrected chi connectivity index (χ3v) is 6.43. The molecule has 2 aromatic rings. The van der Waals surface area contributed by atoms with E-state index in [4.69, 9.17) is 10.5 Å². The molecule has 0 spiro atoms. The normalized spacial score (nSPS) is 17.2. The maximum atomic E-state index is 13.0. The van der Waals surface area contributed by atoms with E-state index in [1.807, 2.05) is 0 Å². The molecule has 1 saturated heterocycles. The average molecular weight is 434 g/mol. The highest BCUT2D eigenvalue weighted by Crippen LogP contribution is 2.25. The van der Waals surface area contributed by atoms with Gasteiger partial charge in [0, 0.05) is 24.5 Å². The first-order chi connectivity index (χ1) is 14.3. The lowest BCUT2D eigenvalue weighted by Crippen LogP contribution is -2.44. The second-order valence-electron chi connectivity index (χ2n) is 6.63. The molecule has 1 aromatic carbocycles. The minimum atomic E-state index is -3.74. The van der Waals surface area contributed by atoms with Crippen LogP contribution >= 0.6 is 0 Å². The number of nitrogens with one attached hydrogen (secondary N) is 1. The van der Waals surface area contributed by atoms with Crippen LogP contribution in [0.4, 0.5) is 10.5 Å². The molecule has 30 heavy (non-hydrogen) atoms. The molecule has 10 nitrogen and oxygen atoms in total. The van der Waals surface area contributed by atoms with E-state index in [0.717, 1.165) is 0 Å². The number of primary amides is 1. The number of carbonyl (C=O) groups is 2. The Bertz CT molecular complexity index is 1030. The predicted molar refractivity (Wildman–Crippen MR) is 108 cm³/mol. The number of aromatic nitrogens is 1. The zero-order valence-electron chi connectivity index (χ0n) is 16.3. The third-order valence-electron chi connectivity index (χ3n) is 4.55. The molecule has 0 radical (unpaired) electrons. The van der Waals surface area contributed by atoms with E-state index < -0.39 is 22.0 Å². The van der Waals surface area contributed by atoms with Crippen LogP contribution in [-0.4, -0.2) is 56.0 Å². The Kier molecular flexibility index (Phi) is 6.53. The topological polar surface area (TPSA) is 141 Å². The minimum Gasteiger partial charge on any atom is -0.489 e. The highest BCUT2D eigenvalue weighted by atomic mass is 32.2. The number of hydrogen-bond donors (Lipinski definition) is 2. The lowest BCUT2D eigenvalue weighted by atomic mass is 10.1. The van der Waals surface area contributed by atoms with Crippen molar-refractivity contribution in [1.82, 2.24) is 9.29 Å². The molecule has 1 aliphatic rings. The van der Waals surface area contributed by atoms with Crippen LogP contribution in [-0.2, 0) is 14.8 Å². The molecule has 1 unspecified atom stereocenters. The number of ether oxygens (including phenoxy) is 2. The zero-order chi connectivity index (χ0) is 21.7. The number of rotatable bonds is 6. The van der Waals surface area contributed by atoms with Crippen LogP contribution in [0.2, 0.25) is 0 Å². The van der Waals surface area contributed by atoms with Crippen molar-refractivity contribution in [3.05, 3.63) is 48.3 Å². The van der Waals surface area contributed by atoms with Crippen molar-refractivity contribution in [2.24, 2.45) is 5.73 Å². The Morgan fingerprint density at radius 3 is 2.63 bits per heavy atom. The summed E-state index contributed by atoms with van der Waals surface area (Å²) >= 11 is 0. The van der Waals surface area contributed by atoms with Crippen LogP contribution in [0.25, 0.3) is 0 Å². The molecular weight excluding hydrogens is 412 g/mol. The van der Waals surface area contributed by atoms with Gasteiger partial charge in [-0.25, -0.2) is 13.2 Å². The monoisotopic (exact) mass is 434 g/mol. The molecule has 1 aliphatic heterocycles. The average Bonchev–Trinajstić information content (AvgIpc) is 2.74. The van der Waals surface area contributed by atoms with Gasteiger partial charge in [-0.05, 0) is 43.2 Å². The molecule has 160 valence electrons. The summed E-state index contributed by atoms with van der Waals surface area (Å²) in [5.41, 5.74) is 5.73. The highest BCUT2D eigenvalue weighted by Gasteiger charge is 2.31. The number of hydrogen-bond acceptors (Lipinski definition) is 7. The Hall–Kier alpha value is -3.18. The summed E-state index contributed by atoms with van der Waals surface area (Å²) in [5.74, 6) is -0.264. The first-order valence-electron chi connectivity index (χ1n) is 9.17. The number of methoxy groups -OCH3 is 1. The number of nitrogens with two attached hydrogens (primary N) is 1. The Morgan fingerprint density at radius 2 is 1.97 bits per heavy atom. The Morgan fingerprint density at radius 1 is 1.23 bits per heavy atom. The molecule has 2 amide bonds. The molecular formula is C19H22N4O6S. The largest absolute Gasteiger partial charge is 0.489 e. The van der Waals surface area contributed by atoms with Crippen LogP contribution in [0, 0.1) is 0 Å². The maximum absolute atomic E-state index is 13.0. The first-order valence-corrected chi connectivity index (χ1v) is 10.6. The molecule has 1 fully saturated rings. The van der Waals surface area contributed by atoms with Crippen molar-refractivity contribution in [3.8, 4) is 5.75 Å². The molecule has 0 bridgehead atoms. The van der Waals surface area contributed by atoms with Crippen LogP contribution in [0.15, 0.2) is 47.5 Å². The highest BCUT2D eigenvalue weighted by molar-refractivity contribution is 7.89. The number of sulfonamides is 1. The quantitative estimate of drug-likeness (QED) is 0.703. The van der Waals surface area contributed by atoms with E-state index in [9.17, 15) is 18.0 Å². The maximum Gasteiger partial charge on any atom is 0.411 e. The predicted octanol–water partition coefficient (Wildman–Crippen LogP) is 1.59.